The summed E-state index contributed by atoms with van der Waals surface area (Å²) < 4.78 is 63.2. The Morgan fingerprint density at radius 2 is 0.741 bits per heavy atom. The number of hydrogen-bond acceptors (Lipinski definition) is 6. The predicted octanol–water partition coefficient (Wildman–Crippen LogP) is 4.72. The fourth-order valence-electron chi connectivity index (χ4n) is 1.35. The first-order valence-corrected chi connectivity index (χ1v) is 10.9. The van der Waals surface area contributed by atoms with E-state index in [1.54, 1.807) is 0 Å². The van der Waals surface area contributed by atoms with E-state index in [0.717, 1.165) is 24.3 Å². The van der Waals surface area contributed by atoms with E-state index in [9.17, 15) is 25.9 Å². The standard InChI is InChI=1S/2C6H3Cl3O3S.Ca/c2*7-4-1-3(13(10,11)12)2-5(8)6(4)9;/h2*1-2H,(H,10,11,12);/q;;+2/p-2. The van der Waals surface area contributed by atoms with Crippen molar-refractivity contribution >= 4 is 128 Å². The van der Waals surface area contributed by atoms with E-state index in [0.29, 0.717) is 0 Å². The topological polar surface area (TPSA) is 114 Å². The monoisotopic (exact) mass is 558 g/mol. The van der Waals surface area contributed by atoms with Crippen LogP contribution < -0.4 is 0 Å². The van der Waals surface area contributed by atoms with Crippen molar-refractivity contribution in [2.45, 2.75) is 9.79 Å². The molecule has 0 amide bonds. The maximum Gasteiger partial charge on any atom is 2.00 e. The van der Waals surface area contributed by atoms with Crippen molar-refractivity contribution in [1.82, 2.24) is 0 Å². The first-order chi connectivity index (χ1) is 11.6. The van der Waals surface area contributed by atoms with Crippen LogP contribution in [0, 0.1) is 0 Å². The Bertz CT molecular complexity index is 927. The minimum absolute atomic E-state index is 0. The van der Waals surface area contributed by atoms with Gasteiger partial charge in [0, 0.05) is 0 Å². The average Bonchev–Trinajstić information content (AvgIpc) is 2.48. The van der Waals surface area contributed by atoms with Crippen molar-refractivity contribution in [1.29, 1.82) is 0 Å². The minimum Gasteiger partial charge on any atom is -0.744 e. The number of benzene rings is 2. The molecule has 0 heterocycles. The minimum atomic E-state index is -4.54. The van der Waals surface area contributed by atoms with Crippen molar-refractivity contribution < 1.29 is 25.9 Å². The fraction of sp³-hybridized carbons (Fsp3) is 0. The van der Waals surface area contributed by atoms with Crippen molar-refractivity contribution in [2.24, 2.45) is 0 Å². The summed E-state index contributed by atoms with van der Waals surface area (Å²) in [6.07, 6.45) is 0. The van der Waals surface area contributed by atoms with Gasteiger partial charge in [-0.15, -0.1) is 0 Å². The van der Waals surface area contributed by atoms with Gasteiger partial charge in [-0.05, 0) is 24.3 Å². The number of hydrogen-bond donors (Lipinski definition) is 0. The third kappa shape index (κ3) is 8.49. The number of halogens is 6. The average molecular weight is 561 g/mol. The Labute approximate surface area is 215 Å². The van der Waals surface area contributed by atoms with Gasteiger partial charge in [0.2, 0.25) is 0 Å². The maximum atomic E-state index is 10.5. The van der Waals surface area contributed by atoms with Crippen LogP contribution in [-0.2, 0) is 20.2 Å². The van der Waals surface area contributed by atoms with Crippen molar-refractivity contribution in [3.05, 3.63) is 54.4 Å². The van der Waals surface area contributed by atoms with Crippen LogP contribution in [0.15, 0.2) is 34.1 Å². The van der Waals surface area contributed by atoms with Gasteiger partial charge in [-0.3, -0.25) is 0 Å². The SMILES string of the molecule is O=S(=O)([O-])c1cc(Cl)c(Cl)c(Cl)c1.O=S(=O)([O-])c1cc(Cl)c(Cl)c(Cl)c1.[Ca+2]. The van der Waals surface area contributed by atoms with E-state index in [1.807, 2.05) is 0 Å². The van der Waals surface area contributed by atoms with Gasteiger partial charge in [0.25, 0.3) is 0 Å². The first kappa shape index (κ1) is 28.3. The molecule has 0 radical (unpaired) electrons. The smallest absolute Gasteiger partial charge is 0.744 e. The van der Waals surface area contributed by atoms with Crippen LogP contribution in [0.5, 0.6) is 0 Å². The van der Waals surface area contributed by atoms with Crippen LogP contribution in [0.3, 0.4) is 0 Å². The van der Waals surface area contributed by atoms with Crippen LogP contribution in [0.2, 0.25) is 30.1 Å². The molecule has 0 saturated heterocycles. The third-order valence-electron chi connectivity index (χ3n) is 2.49. The second-order valence-corrected chi connectivity index (χ2v) is 9.45. The molecule has 0 spiro atoms. The Kier molecular flexibility index (Phi) is 11.6. The van der Waals surface area contributed by atoms with Crippen LogP contribution in [0.25, 0.3) is 0 Å². The molecule has 0 aliphatic rings. The predicted molar refractivity (Wildman–Crippen MR) is 105 cm³/mol. The van der Waals surface area contributed by atoms with Crippen LogP contribution >= 0.6 is 69.6 Å². The molecule has 6 nitrogen and oxygen atoms in total. The van der Waals surface area contributed by atoms with Gasteiger partial charge in [-0.25, -0.2) is 16.8 Å². The number of rotatable bonds is 2. The van der Waals surface area contributed by atoms with Crippen LogP contribution in [0.1, 0.15) is 0 Å². The summed E-state index contributed by atoms with van der Waals surface area (Å²) in [6.45, 7) is 0. The molecule has 0 saturated carbocycles. The van der Waals surface area contributed by atoms with E-state index in [1.165, 1.54) is 0 Å². The summed E-state index contributed by atoms with van der Waals surface area (Å²) in [4.78, 5) is -0.987. The van der Waals surface area contributed by atoms with Gasteiger partial charge in [-0.1, -0.05) is 69.6 Å². The molecular formula is C12H4CaCl6O6S2. The summed E-state index contributed by atoms with van der Waals surface area (Å²) in [6, 6.07) is 3.83. The van der Waals surface area contributed by atoms with Gasteiger partial charge in [0.05, 0.1) is 39.9 Å². The summed E-state index contributed by atoms with van der Waals surface area (Å²) in [7, 11) is -9.08. The van der Waals surface area contributed by atoms with Crippen molar-refractivity contribution in [3.8, 4) is 0 Å². The Morgan fingerprint density at radius 1 is 0.556 bits per heavy atom. The normalized spacial score (nSPS) is 11.3. The first-order valence-electron chi connectivity index (χ1n) is 5.85. The van der Waals surface area contributed by atoms with Gasteiger partial charge >= 0.3 is 37.7 Å². The molecule has 2 rings (SSSR count). The second kappa shape index (κ2) is 11.0. The van der Waals surface area contributed by atoms with Gasteiger partial charge in [0.15, 0.2) is 0 Å². The molecule has 0 aliphatic heterocycles. The molecule has 0 unspecified atom stereocenters. The summed E-state index contributed by atoms with van der Waals surface area (Å²) in [5.41, 5.74) is 0. The molecule has 15 heteroatoms. The van der Waals surface area contributed by atoms with Crippen LogP contribution in [0.4, 0.5) is 0 Å². The quantitative estimate of drug-likeness (QED) is 0.298. The summed E-state index contributed by atoms with van der Waals surface area (Å²) in [5, 5.41) is -0.217. The van der Waals surface area contributed by atoms with Gasteiger partial charge < -0.3 is 9.11 Å². The molecule has 2 aromatic carbocycles. The molecule has 0 fully saturated rings. The van der Waals surface area contributed by atoms with E-state index in [4.69, 9.17) is 69.6 Å². The maximum absolute atomic E-state index is 10.5. The van der Waals surface area contributed by atoms with E-state index in [-0.39, 0.29) is 67.9 Å². The molecule has 2 aromatic rings. The molecule has 0 atom stereocenters. The van der Waals surface area contributed by atoms with Gasteiger partial charge in [-0.2, -0.15) is 0 Å². The zero-order valence-corrected chi connectivity index (χ0v) is 20.9. The van der Waals surface area contributed by atoms with E-state index in [2.05, 4.69) is 0 Å². The molecule has 0 aromatic heterocycles. The second-order valence-electron chi connectivity index (χ2n) is 4.31. The zero-order chi connectivity index (χ0) is 20.4. The fourth-order valence-corrected chi connectivity index (χ4v) is 3.85. The Balaban J connectivity index is 0.000000483. The Morgan fingerprint density at radius 3 is 0.889 bits per heavy atom. The van der Waals surface area contributed by atoms with E-state index < -0.39 is 30.0 Å². The van der Waals surface area contributed by atoms with Crippen LogP contribution in [-0.4, -0.2) is 63.7 Å². The molecule has 0 N–H and O–H groups in total. The molecule has 0 bridgehead atoms. The van der Waals surface area contributed by atoms with Crippen molar-refractivity contribution in [3.63, 3.8) is 0 Å². The van der Waals surface area contributed by atoms with Crippen molar-refractivity contribution in [2.75, 3.05) is 0 Å². The molecular weight excluding hydrogens is 557 g/mol. The third-order valence-corrected chi connectivity index (χ3v) is 6.51. The van der Waals surface area contributed by atoms with E-state index >= 15 is 0 Å². The van der Waals surface area contributed by atoms with Gasteiger partial charge in [0.1, 0.15) is 20.2 Å². The molecule has 0 aliphatic carbocycles. The molecule has 27 heavy (non-hydrogen) atoms. The summed E-state index contributed by atoms with van der Waals surface area (Å²) in [5.74, 6) is 0. The zero-order valence-electron chi connectivity index (χ0n) is 12.6. The molecule has 144 valence electrons. The summed E-state index contributed by atoms with van der Waals surface area (Å²) >= 11 is 33.1. The Hall–Kier alpha value is 1.26. The largest absolute Gasteiger partial charge is 2.00 e.